The summed E-state index contributed by atoms with van der Waals surface area (Å²) in [5.74, 6) is 0.731. The van der Waals surface area contributed by atoms with Crippen LogP contribution in [0.2, 0.25) is 0 Å². The molecule has 6 heteroatoms. The summed E-state index contributed by atoms with van der Waals surface area (Å²) in [7, 11) is 1.60. The van der Waals surface area contributed by atoms with Crippen LogP contribution in [0.25, 0.3) is 0 Å². The highest BCUT2D eigenvalue weighted by molar-refractivity contribution is 5.97. The zero-order valence-electron chi connectivity index (χ0n) is 15.2. The normalized spacial score (nSPS) is 16.5. The lowest BCUT2D eigenvalue weighted by atomic mass is 10.1. The zero-order chi connectivity index (χ0) is 18.7. The van der Waals surface area contributed by atoms with E-state index in [4.69, 9.17) is 4.74 Å². The van der Waals surface area contributed by atoms with Crippen molar-refractivity contribution in [3.8, 4) is 5.75 Å². The van der Waals surface area contributed by atoms with Crippen molar-refractivity contribution in [1.29, 1.82) is 0 Å². The van der Waals surface area contributed by atoms with Gasteiger partial charge in [-0.15, -0.1) is 0 Å². The molecule has 136 valence electrons. The summed E-state index contributed by atoms with van der Waals surface area (Å²) < 4.78 is 5.14. The van der Waals surface area contributed by atoms with Crippen molar-refractivity contribution in [1.82, 2.24) is 5.32 Å². The molecule has 3 amide bonds. The van der Waals surface area contributed by atoms with Gasteiger partial charge >= 0.3 is 6.03 Å². The molecule has 0 radical (unpaired) electrons. The van der Waals surface area contributed by atoms with E-state index in [9.17, 15) is 9.59 Å². The van der Waals surface area contributed by atoms with E-state index in [1.807, 2.05) is 56.3 Å². The molecular weight excluding hydrogens is 330 g/mol. The van der Waals surface area contributed by atoms with Gasteiger partial charge in [0.15, 0.2) is 0 Å². The third-order valence-electron chi connectivity index (χ3n) is 4.61. The van der Waals surface area contributed by atoms with E-state index in [2.05, 4.69) is 10.6 Å². The van der Waals surface area contributed by atoms with Crippen LogP contribution >= 0.6 is 0 Å². The maximum Gasteiger partial charge on any atom is 0.319 e. The van der Waals surface area contributed by atoms with Crippen LogP contribution < -0.4 is 20.3 Å². The van der Waals surface area contributed by atoms with E-state index in [0.717, 1.165) is 22.7 Å². The van der Waals surface area contributed by atoms with Gasteiger partial charge in [0.2, 0.25) is 5.91 Å². The summed E-state index contributed by atoms with van der Waals surface area (Å²) in [4.78, 5) is 26.2. The Morgan fingerprint density at radius 2 is 1.85 bits per heavy atom. The number of carbonyl (C=O) groups excluding carboxylic acids is 2. The number of anilines is 2. The fraction of sp³-hybridized carbons (Fsp3) is 0.300. The summed E-state index contributed by atoms with van der Waals surface area (Å²) >= 11 is 0. The first-order chi connectivity index (χ1) is 12.5. The van der Waals surface area contributed by atoms with Crippen molar-refractivity contribution in [2.24, 2.45) is 0 Å². The number of ether oxygens (including phenoxy) is 1. The van der Waals surface area contributed by atoms with Crippen molar-refractivity contribution in [2.45, 2.75) is 26.3 Å². The standard InChI is InChI=1S/C20H23N3O3/c1-13-4-5-15(10-14(13)2)21-20(25)22-16-11-19(24)23(12-16)17-6-8-18(26-3)9-7-17/h4-10,16H,11-12H2,1-3H3,(H2,21,22,25)/t16-/m0/s1. The Hall–Kier alpha value is -3.02. The number of carbonyl (C=O) groups is 2. The van der Waals surface area contributed by atoms with Crippen molar-refractivity contribution in [2.75, 3.05) is 23.9 Å². The summed E-state index contributed by atoms with van der Waals surface area (Å²) in [6, 6.07) is 12.5. The molecule has 1 fully saturated rings. The Labute approximate surface area is 153 Å². The lowest BCUT2D eigenvalue weighted by Gasteiger charge is -2.18. The molecule has 3 rings (SSSR count). The number of benzene rings is 2. The second-order valence-corrected chi connectivity index (χ2v) is 6.50. The SMILES string of the molecule is COc1ccc(N2C[C@@H](NC(=O)Nc3ccc(C)c(C)c3)CC2=O)cc1. The Bertz CT molecular complexity index is 818. The van der Waals surface area contributed by atoms with Crippen LogP contribution in [0.1, 0.15) is 17.5 Å². The van der Waals surface area contributed by atoms with E-state index in [1.54, 1.807) is 12.0 Å². The smallest absolute Gasteiger partial charge is 0.319 e. The van der Waals surface area contributed by atoms with Gasteiger partial charge in [0.05, 0.1) is 13.2 Å². The van der Waals surface area contributed by atoms with E-state index >= 15 is 0 Å². The van der Waals surface area contributed by atoms with E-state index in [1.165, 1.54) is 5.56 Å². The summed E-state index contributed by atoms with van der Waals surface area (Å²) in [5, 5.41) is 5.70. The summed E-state index contributed by atoms with van der Waals surface area (Å²) in [6.45, 7) is 4.48. The molecule has 0 saturated carbocycles. The number of urea groups is 1. The third-order valence-corrected chi connectivity index (χ3v) is 4.61. The Kier molecular flexibility index (Phi) is 5.11. The maximum absolute atomic E-state index is 12.3. The van der Waals surface area contributed by atoms with Crippen LogP contribution in [0.4, 0.5) is 16.2 Å². The second kappa shape index (κ2) is 7.47. The number of rotatable bonds is 4. The number of nitrogens with one attached hydrogen (secondary N) is 2. The molecule has 1 aliphatic heterocycles. The molecule has 6 nitrogen and oxygen atoms in total. The minimum absolute atomic E-state index is 0.00773. The average molecular weight is 353 g/mol. The molecule has 1 atom stereocenters. The van der Waals surface area contributed by atoms with Crippen LogP contribution in [-0.2, 0) is 4.79 Å². The Morgan fingerprint density at radius 3 is 2.50 bits per heavy atom. The number of methoxy groups -OCH3 is 1. The first-order valence-electron chi connectivity index (χ1n) is 8.55. The average Bonchev–Trinajstić information content (AvgIpc) is 2.98. The van der Waals surface area contributed by atoms with Crippen molar-refractivity contribution in [3.63, 3.8) is 0 Å². The van der Waals surface area contributed by atoms with Gasteiger partial charge in [-0.2, -0.15) is 0 Å². The Morgan fingerprint density at radius 1 is 1.12 bits per heavy atom. The first kappa shape index (κ1) is 17.8. The fourth-order valence-corrected chi connectivity index (χ4v) is 2.99. The molecule has 0 spiro atoms. The van der Waals surface area contributed by atoms with Gasteiger partial charge in [0, 0.05) is 24.3 Å². The van der Waals surface area contributed by atoms with Crippen molar-refractivity contribution >= 4 is 23.3 Å². The van der Waals surface area contributed by atoms with Crippen LogP contribution in [0.5, 0.6) is 5.75 Å². The summed E-state index contributed by atoms with van der Waals surface area (Å²) in [5.41, 5.74) is 3.83. The molecule has 2 aromatic rings. The summed E-state index contributed by atoms with van der Waals surface area (Å²) in [6.07, 6.45) is 0.284. The lowest BCUT2D eigenvalue weighted by Crippen LogP contribution is -2.39. The zero-order valence-corrected chi connectivity index (χ0v) is 15.2. The topological polar surface area (TPSA) is 70.7 Å². The fourth-order valence-electron chi connectivity index (χ4n) is 2.99. The van der Waals surface area contributed by atoms with Crippen LogP contribution in [0.3, 0.4) is 0 Å². The highest BCUT2D eigenvalue weighted by Crippen LogP contribution is 2.24. The molecule has 1 aliphatic rings. The van der Waals surface area contributed by atoms with E-state index in [-0.39, 0.29) is 24.4 Å². The van der Waals surface area contributed by atoms with Gasteiger partial charge in [0.1, 0.15) is 5.75 Å². The lowest BCUT2D eigenvalue weighted by molar-refractivity contribution is -0.117. The van der Waals surface area contributed by atoms with Crippen LogP contribution in [-0.4, -0.2) is 31.6 Å². The van der Waals surface area contributed by atoms with Crippen LogP contribution in [0, 0.1) is 13.8 Å². The Balaban J connectivity index is 1.59. The molecule has 0 bridgehead atoms. The van der Waals surface area contributed by atoms with Crippen molar-refractivity contribution in [3.05, 3.63) is 53.6 Å². The molecule has 2 N–H and O–H groups in total. The maximum atomic E-state index is 12.3. The monoisotopic (exact) mass is 353 g/mol. The van der Waals surface area contributed by atoms with Gasteiger partial charge in [0.25, 0.3) is 0 Å². The van der Waals surface area contributed by atoms with Gasteiger partial charge in [-0.1, -0.05) is 6.07 Å². The third kappa shape index (κ3) is 3.96. The van der Waals surface area contributed by atoms with Crippen LogP contribution in [0.15, 0.2) is 42.5 Å². The van der Waals surface area contributed by atoms with E-state index in [0.29, 0.717) is 6.54 Å². The molecule has 1 heterocycles. The first-order valence-corrected chi connectivity index (χ1v) is 8.55. The predicted octanol–water partition coefficient (Wildman–Crippen LogP) is 3.24. The van der Waals surface area contributed by atoms with Gasteiger partial charge in [-0.25, -0.2) is 4.79 Å². The molecule has 26 heavy (non-hydrogen) atoms. The molecule has 1 saturated heterocycles. The molecule has 0 aromatic heterocycles. The second-order valence-electron chi connectivity index (χ2n) is 6.50. The minimum atomic E-state index is -0.303. The van der Waals surface area contributed by atoms with Gasteiger partial charge in [-0.05, 0) is 61.4 Å². The molecule has 0 aliphatic carbocycles. The predicted molar refractivity (Wildman–Crippen MR) is 102 cm³/mol. The van der Waals surface area contributed by atoms with Gasteiger partial charge in [-0.3, -0.25) is 4.79 Å². The minimum Gasteiger partial charge on any atom is -0.497 e. The number of hydrogen-bond donors (Lipinski definition) is 2. The number of nitrogens with zero attached hydrogens (tertiary/aromatic N) is 1. The highest BCUT2D eigenvalue weighted by atomic mass is 16.5. The number of aryl methyl sites for hydroxylation is 2. The largest absolute Gasteiger partial charge is 0.497 e. The van der Waals surface area contributed by atoms with Gasteiger partial charge < -0.3 is 20.3 Å². The number of amides is 3. The molecule has 2 aromatic carbocycles. The van der Waals surface area contributed by atoms with Crippen molar-refractivity contribution < 1.29 is 14.3 Å². The highest BCUT2D eigenvalue weighted by Gasteiger charge is 2.31. The van der Waals surface area contributed by atoms with E-state index < -0.39 is 0 Å². The quantitative estimate of drug-likeness (QED) is 0.886. The molecular formula is C20H23N3O3. The number of hydrogen-bond acceptors (Lipinski definition) is 3. The molecule has 0 unspecified atom stereocenters.